The Bertz CT molecular complexity index is 631. The van der Waals surface area contributed by atoms with Crippen LogP contribution < -0.4 is 5.32 Å². The number of amides is 1. The number of carbonyl (C=O) groups is 1. The average Bonchev–Trinajstić information content (AvgIpc) is 2.78. The van der Waals surface area contributed by atoms with Gasteiger partial charge in [-0.25, -0.2) is 0 Å². The molecule has 0 spiro atoms. The molecule has 3 N–H and O–H groups in total. The van der Waals surface area contributed by atoms with Crippen LogP contribution in [-0.2, 0) is 4.74 Å². The minimum Gasteiger partial charge on any atom is -0.388 e. The smallest absolute Gasteiger partial charge is 0.253 e. The van der Waals surface area contributed by atoms with E-state index in [1.165, 1.54) is 0 Å². The number of hydrogen-bond acceptors (Lipinski definition) is 3. The largest absolute Gasteiger partial charge is 0.388 e. The summed E-state index contributed by atoms with van der Waals surface area (Å²) in [5.41, 5.74) is 1.41. The minimum atomic E-state index is -0.980. The van der Waals surface area contributed by atoms with Gasteiger partial charge in [-0.15, -0.1) is 0 Å². The number of para-hydroxylation sites is 1. The highest BCUT2D eigenvalue weighted by Gasteiger charge is 2.23. The fourth-order valence-corrected chi connectivity index (χ4v) is 2.34. The van der Waals surface area contributed by atoms with Gasteiger partial charge in [0.1, 0.15) is 0 Å². The number of hydrogen-bond donors (Lipinski definition) is 3. The van der Waals surface area contributed by atoms with Crippen LogP contribution in [0.15, 0.2) is 24.3 Å². The predicted octanol–water partition coefficient (Wildman–Crippen LogP) is 1.99. The lowest BCUT2D eigenvalue weighted by Crippen LogP contribution is -2.41. The van der Waals surface area contributed by atoms with Crippen molar-refractivity contribution < 1.29 is 14.6 Å². The minimum absolute atomic E-state index is 0.178. The van der Waals surface area contributed by atoms with Gasteiger partial charge in [0.15, 0.2) is 0 Å². The molecule has 2 rings (SSSR count). The van der Waals surface area contributed by atoms with Crippen molar-refractivity contribution >= 4 is 16.8 Å². The normalized spacial score (nSPS) is 14.1. The van der Waals surface area contributed by atoms with Gasteiger partial charge in [-0.2, -0.15) is 0 Å². The lowest BCUT2D eigenvalue weighted by atomic mass is 10.0. The third kappa shape index (κ3) is 3.62. The Balaban J connectivity index is 2.11. The summed E-state index contributed by atoms with van der Waals surface area (Å²) < 4.78 is 4.96. The van der Waals surface area contributed by atoms with Crippen LogP contribution in [-0.4, -0.2) is 41.9 Å². The number of fused-ring (bicyclic) bond motifs is 1. The summed E-state index contributed by atoms with van der Waals surface area (Å²) in [4.78, 5) is 15.6. The van der Waals surface area contributed by atoms with E-state index >= 15 is 0 Å². The van der Waals surface area contributed by atoms with Crippen molar-refractivity contribution in [3.05, 3.63) is 35.5 Å². The molecule has 5 nitrogen and oxygen atoms in total. The second-order valence-electron chi connectivity index (χ2n) is 5.59. The van der Waals surface area contributed by atoms with Crippen LogP contribution in [0.1, 0.15) is 29.4 Å². The van der Waals surface area contributed by atoms with Crippen molar-refractivity contribution in [3.63, 3.8) is 0 Å². The molecule has 1 aromatic heterocycles. The van der Waals surface area contributed by atoms with Crippen molar-refractivity contribution in [2.75, 3.05) is 20.3 Å². The lowest BCUT2D eigenvalue weighted by Gasteiger charge is -2.23. The summed E-state index contributed by atoms with van der Waals surface area (Å²) in [5, 5.41) is 13.9. The van der Waals surface area contributed by atoms with Crippen molar-refractivity contribution in [2.24, 2.45) is 0 Å². The fraction of sp³-hybridized carbons (Fsp3) is 0.438. The zero-order chi connectivity index (χ0) is 15.5. The Kier molecular flexibility index (Phi) is 4.65. The van der Waals surface area contributed by atoms with E-state index in [0.29, 0.717) is 18.6 Å². The molecule has 0 saturated heterocycles. The first-order valence-corrected chi connectivity index (χ1v) is 7.01. The summed E-state index contributed by atoms with van der Waals surface area (Å²) in [6.45, 7) is 4.20. The first-order chi connectivity index (χ1) is 9.94. The van der Waals surface area contributed by atoms with Crippen molar-refractivity contribution in [1.29, 1.82) is 0 Å². The van der Waals surface area contributed by atoms with Gasteiger partial charge >= 0.3 is 0 Å². The molecule has 0 aliphatic carbocycles. The molecule has 2 aromatic rings. The molecule has 0 bridgehead atoms. The van der Waals surface area contributed by atoms with Gasteiger partial charge in [-0.05, 0) is 19.9 Å². The number of aryl methyl sites for hydroxylation is 1. The maximum Gasteiger partial charge on any atom is 0.253 e. The van der Waals surface area contributed by atoms with Crippen LogP contribution in [0.5, 0.6) is 0 Å². The standard InChI is InChI=1S/C16H22N2O3/c1-11-14(12-6-4-5-7-13(12)18-11)15(19)17-10-16(2,20)8-9-21-3/h4-7,18,20H,8-10H2,1-3H3,(H,17,19). The number of aliphatic hydroxyl groups is 1. The van der Waals surface area contributed by atoms with Crippen LogP contribution in [0.2, 0.25) is 0 Å². The summed E-state index contributed by atoms with van der Waals surface area (Å²) >= 11 is 0. The predicted molar refractivity (Wildman–Crippen MR) is 82.5 cm³/mol. The van der Waals surface area contributed by atoms with E-state index in [1.807, 2.05) is 31.2 Å². The third-order valence-corrected chi connectivity index (χ3v) is 3.60. The number of nitrogens with one attached hydrogen (secondary N) is 2. The number of carbonyl (C=O) groups excluding carboxylic acids is 1. The topological polar surface area (TPSA) is 74.3 Å². The maximum atomic E-state index is 12.4. The first kappa shape index (κ1) is 15.5. The number of ether oxygens (including phenoxy) is 1. The summed E-state index contributed by atoms with van der Waals surface area (Å²) in [6.07, 6.45) is 0.469. The Labute approximate surface area is 124 Å². The third-order valence-electron chi connectivity index (χ3n) is 3.60. The van der Waals surface area contributed by atoms with Gasteiger partial charge in [0.2, 0.25) is 0 Å². The lowest BCUT2D eigenvalue weighted by molar-refractivity contribution is 0.0244. The number of H-pyrrole nitrogens is 1. The van der Waals surface area contributed by atoms with Crippen LogP contribution in [0.4, 0.5) is 0 Å². The maximum absolute atomic E-state index is 12.4. The number of aromatic amines is 1. The van der Waals surface area contributed by atoms with Gasteiger partial charge in [-0.3, -0.25) is 4.79 Å². The molecule has 1 amide bonds. The SMILES string of the molecule is COCCC(C)(O)CNC(=O)c1c(C)[nH]c2ccccc12. The van der Waals surface area contributed by atoms with Crippen LogP contribution in [0, 0.1) is 6.92 Å². The molecule has 21 heavy (non-hydrogen) atoms. The average molecular weight is 290 g/mol. The van der Waals surface area contributed by atoms with Gasteiger partial charge in [-0.1, -0.05) is 18.2 Å². The molecule has 0 saturated carbocycles. The Hall–Kier alpha value is -1.85. The van der Waals surface area contributed by atoms with Crippen molar-refractivity contribution in [1.82, 2.24) is 10.3 Å². The molecule has 0 fully saturated rings. The molecule has 1 atom stereocenters. The summed E-state index contributed by atoms with van der Waals surface area (Å²) in [6, 6.07) is 7.68. The monoisotopic (exact) mass is 290 g/mol. The van der Waals surface area contributed by atoms with Crippen molar-refractivity contribution in [3.8, 4) is 0 Å². The zero-order valence-corrected chi connectivity index (χ0v) is 12.7. The first-order valence-electron chi connectivity index (χ1n) is 7.01. The van der Waals surface area contributed by atoms with Gasteiger partial charge in [0.05, 0.1) is 11.2 Å². The van der Waals surface area contributed by atoms with E-state index in [1.54, 1.807) is 14.0 Å². The van der Waals surface area contributed by atoms with E-state index in [4.69, 9.17) is 4.74 Å². The second-order valence-corrected chi connectivity index (χ2v) is 5.59. The molecular formula is C16H22N2O3. The molecule has 0 aliphatic rings. The van der Waals surface area contributed by atoms with Crippen LogP contribution in [0.25, 0.3) is 10.9 Å². The van der Waals surface area contributed by atoms with Gasteiger partial charge in [0, 0.05) is 43.3 Å². The van der Waals surface area contributed by atoms with E-state index < -0.39 is 5.60 Å². The zero-order valence-electron chi connectivity index (χ0n) is 12.7. The highest BCUT2D eigenvalue weighted by atomic mass is 16.5. The molecule has 114 valence electrons. The van der Waals surface area contributed by atoms with E-state index in [0.717, 1.165) is 16.6 Å². The summed E-state index contributed by atoms with van der Waals surface area (Å²) in [7, 11) is 1.59. The van der Waals surface area contributed by atoms with E-state index in [-0.39, 0.29) is 12.5 Å². The number of aromatic nitrogens is 1. The molecule has 1 heterocycles. The number of rotatable bonds is 6. The van der Waals surface area contributed by atoms with Gasteiger partial charge < -0.3 is 20.1 Å². The van der Waals surface area contributed by atoms with Crippen LogP contribution >= 0.6 is 0 Å². The highest BCUT2D eigenvalue weighted by Crippen LogP contribution is 2.21. The molecule has 0 radical (unpaired) electrons. The number of methoxy groups -OCH3 is 1. The highest BCUT2D eigenvalue weighted by molar-refractivity contribution is 6.08. The molecular weight excluding hydrogens is 268 g/mol. The summed E-state index contributed by atoms with van der Waals surface area (Å²) in [5.74, 6) is -0.178. The Morgan fingerprint density at radius 3 is 2.86 bits per heavy atom. The fourth-order valence-electron chi connectivity index (χ4n) is 2.34. The number of benzene rings is 1. The molecule has 1 aromatic carbocycles. The van der Waals surface area contributed by atoms with Gasteiger partial charge in [0.25, 0.3) is 5.91 Å². The Morgan fingerprint density at radius 2 is 2.14 bits per heavy atom. The van der Waals surface area contributed by atoms with E-state index in [2.05, 4.69) is 10.3 Å². The van der Waals surface area contributed by atoms with Crippen LogP contribution in [0.3, 0.4) is 0 Å². The molecule has 5 heteroatoms. The quantitative estimate of drug-likeness (QED) is 0.761. The Morgan fingerprint density at radius 1 is 1.43 bits per heavy atom. The second kappa shape index (κ2) is 6.28. The van der Waals surface area contributed by atoms with Crippen molar-refractivity contribution in [2.45, 2.75) is 25.9 Å². The molecule has 1 unspecified atom stereocenters. The van der Waals surface area contributed by atoms with E-state index in [9.17, 15) is 9.90 Å². The molecule has 0 aliphatic heterocycles.